The highest BCUT2D eigenvalue weighted by atomic mass is 35.5. The molecule has 0 radical (unpaired) electrons. The van der Waals surface area contributed by atoms with Crippen molar-refractivity contribution in [1.82, 2.24) is 5.32 Å². The summed E-state index contributed by atoms with van der Waals surface area (Å²) in [5, 5.41) is 11.9. The van der Waals surface area contributed by atoms with E-state index < -0.39 is 5.97 Å². The van der Waals surface area contributed by atoms with E-state index in [-0.39, 0.29) is 24.8 Å². The number of amides is 1. The summed E-state index contributed by atoms with van der Waals surface area (Å²) in [4.78, 5) is 21.7. The Bertz CT molecular complexity index is 417. The van der Waals surface area contributed by atoms with Crippen LogP contribution in [0, 0.1) is 0 Å². The van der Waals surface area contributed by atoms with Gasteiger partial charge in [-0.25, -0.2) is 0 Å². The normalized spacial score (nSPS) is 11.9. The first-order chi connectivity index (χ1) is 8.47. The maximum absolute atomic E-state index is 11.4. The predicted molar refractivity (Wildman–Crippen MR) is 69.6 cm³/mol. The Kier molecular flexibility index (Phi) is 5.65. The summed E-state index contributed by atoms with van der Waals surface area (Å²) in [7, 11) is 0. The Balaban J connectivity index is 2.36. The molecular formula is C13H16ClNO3. The topological polar surface area (TPSA) is 66.4 Å². The smallest absolute Gasteiger partial charge is 0.303 e. The van der Waals surface area contributed by atoms with Gasteiger partial charge in [0.05, 0.1) is 6.42 Å². The van der Waals surface area contributed by atoms with E-state index in [4.69, 9.17) is 16.7 Å². The number of hydrogen-bond donors (Lipinski definition) is 2. The minimum Gasteiger partial charge on any atom is -0.481 e. The quantitative estimate of drug-likeness (QED) is 0.832. The number of carboxylic acid groups (broad SMARTS) is 1. The molecule has 0 bridgehead atoms. The van der Waals surface area contributed by atoms with Crippen molar-refractivity contribution in [3.63, 3.8) is 0 Å². The Morgan fingerprint density at radius 1 is 1.28 bits per heavy atom. The van der Waals surface area contributed by atoms with Crippen molar-refractivity contribution in [2.75, 3.05) is 0 Å². The van der Waals surface area contributed by atoms with E-state index in [1.54, 1.807) is 12.1 Å². The van der Waals surface area contributed by atoms with Crippen LogP contribution in [0.4, 0.5) is 0 Å². The molecule has 0 aliphatic heterocycles. The van der Waals surface area contributed by atoms with Crippen LogP contribution < -0.4 is 5.32 Å². The number of rotatable bonds is 6. The zero-order valence-electron chi connectivity index (χ0n) is 10.1. The second-order valence-electron chi connectivity index (χ2n) is 4.19. The van der Waals surface area contributed by atoms with E-state index in [0.717, 1.165) is 5.56 Å². The third kappa shape index (κ3) is 5.68. The summed E-state index contributed by atoms with van der Waals surface area (Å²) in [5.74, 6) is -1.20. The molecule has 1 amide bonds. The summed E-state index contributed by atoms with van der Waals surface area (Å²) < 4.78 is 0. The first-order valence-electron chi connectivity index (χ1n) is 5.73. The van der Waals surface area contributed by atoms with Gasteiger partial charge in [-0.1, -0.05) is 23.7 Å². The molecule has 5 heteroatoms. The van der Waals surface area contributed by atoms with Gasteiger partial charge in [0.2, 0.25) is 5.91 Å². The minimum atomic E-state index is -0.962. The fourth-order valence-electron chi connectivity index (χ4n) is 1.59. The molecule has 1 rings (SSSR count). The standard InChI is InChI=1S/C13H16ClNO3/c1-9(15-12(16)6-7-13(17)18)8-10-2-4-11(14)5-3-10/h2-5,9H,6-8H2,1H3,(H,15,16)(H,17,18). The molecule has 0 fully saturated rings. The van der Waals surface area contributed by atoms with E-state index in [1.165, 1.54) is 0 Å². The van der Waals surface area contributed by atoms with Crippen LogP contribution in [0.1, 0.15) is 25.3 Å². The average molecular weight is 270 g/mol. The average Bonchev–Trinajstić information content (AvgIpc) is 2.29. The lowest BCUT2D eigenvalue weighted by Gasteiger charge is -2.13. The molecule has 1 aromatic carbocycles. The van der Waals surface area contributed by atoms with Gasteiger partial charge in [-0.15, -0.1) is 0 Å². The van der Waals surface area contributed by atoms with Gasteiger partial charge in [-0.3, -0.25) is 9.59 Å². The molecule has 4 nitrogen and oxygen atoms in total. The lowest BCUT2D eigenvalue weighted by atomic mass is 10.1. The zero-order valence-corrected chi connectivity index (χ0v) is 10.9. The van der Waals surface area contributed by atoms with Gasteiger partial charge in [-0.05, 0) is 31.0 Å². The van der Waals surface area contributed by atoms with Crippen LogP contribution in [0.25, 0.3) is 0 Å². The van der Waals surface area contributed by atoms with Crippen molar-refractivity contribution in [3.05, 3.63) is 34.9 Å². The summed E-state index contributed by atoms with van der Waals surface area (Å²) in [5.41, 5.74) is 1.07. The molecule has 0 saturated heterocycles. The second-order valence-corrected chi connectivity index (χ2v) is 4.63. The highest BCUT2D eigenvalue weighted by molar-refractivity contribution is 6.30. The summed E-state index contributed by atoms with van der Waals surface area (Å²) in [6, 6.07) is 7.38. The Hall–Kier alpha value is -1.55. The molecule has 98 valence electrons. The molecule has 0 saturated carbocycles. The highest BCUT2D eigenvalue weighted by Gasteiger charge is 2.09. The van der Waals surface area contributed by atoms with Crippen LogP contribution in [0.2, 0.25) is 5.02 Å². The third-order valence-electron chi connectivity index (χ3n) is 2.43. The summed E-state index contributed by atoms with van der Waals surface area (Å²) >= 11 is 5.78. The van der Waals surface area contributed by atoms with Gasteiger partial charge in [-0.2, -0.15) is 0 Å². The number of aliphatic carboxylic acids is 1. The van der Waals surface area contributed by atoms with Gasteiger partial charge in [0.1, 0.15) is 0 Å². The van der Waals surface area contributed by atoms with Crippen LogP contribution in [-0.2, 0) is 16.0 Å². The van der Waals surface area contributed by atoms with Crippen LogP contribution in [0.3, 0.4) is 0 Å². The largest absolute Gasteiger partial charge is 0.481 e. The van der Waals surface area contributed by atoms with Gasteiger partial charge in [0.25, 0.3) is 0 Å². The van der Waals surface area contributed by atoms with Crippen molar-refractivity contribution in [1.29, 1.82) is 0 Å². The SMILES string of the molecule is CC(Cc1ccc(Cl)cc1)NC(=O)CCC(=O)O. The lowest BCUT2D eigenvalue weighted by Crippen LogP contribution is -2.34. The number of hydrogen-bond acceptors (Lipinski definition) is 2. The van der Waals surface area contributed by atoms with Crippen LogP contribution >= 0.6 is 11.6 Å². The van der Waals surface area contributed by atoms with Gasteiger partial charge in [0.15, 0.2) is 0 Å². The monoisotopic (exact) mass is 269 g/mol. The number of benzene rings is 1. The maximum atomic E-state index is 11.4. The van der Waals surface area contributed by atoms with Crippen molar-refractivity contribution >= 4 is 23.5 Å². The Morgan fingerprint density at radius 2 is 1.89 bits per heavy atom. The fraction of sp³-hybridized carbons (Fsp3) is 0.385. The number of halogens is 1. The molecule has 0 aliphatic rings. The first kappa shape index (κ1) is 14.5. The number of carbonyl (C=O) groups is 2. The minimum absolute atomic E-state index is 0.0142. The first-order valence-corrected chi connectivity index (χ1v) is 6.11. The molecular weight excluding hydrogens is 254 g/mol. The number of nitrogens with one attached hydrogen (secondary N) is 1. The molecule has 0 heterocycles. The van der Waals surface area contributed by atoms with E-state index in [2.05, 4.69) is 5.32 Å². The second kappa shape index (κ2) is 7.01. The summed E-state index contributed by atoms with van der Waals surface area (Å²) in [6.07, 6.45) is 0.565. The molecule has 1 atom stereocenters. The van der Waals surface area contributed by atoms with E-state index in [9.17, 15) is 9.59 Å². The van der Waals surface area contributed by atoms with Crippen LogP contribution in [0.15, 0.2) is 24.3 Å². The maximum Gasteiger partial charge on any atom is 0.303 e. The van der Waals surface area contributed by atoms with Crippen molar-refractivity contribution in [3.8, 4) is 0 Å². The van der Waals surface area contributed by atoms with E-state index in [0.29, 0.717) is 11.4 Å². The van der Waals surface area contributed by atoms with Crippen molar-refractivity contribution in [2.24, 2.45) is 0 Å². The third-order valence-corrected chi connectivity index (χ3v) is 2.68. The molecule has 0 aliphatic carbocycles. The molecule has 0 spiro atoms. The molecule has 2 N–H and O–H groups in total. The number of carbonyl (C=O) groups excluding carboxylic acids is 1. The van der Waals surface area contributed by atoms with Crippen LogP contribution in [-0.4, -0.2) is 23.0 Å². The predicted octanol–water partition coefficient (Wildman–Crippen LogP) is 2.25. The zero-order chi connectivity index (χ0) is 13.5. The molecule has 1 unspecified atom stereocenters. The van der Waals surface area contributed by atoms with Gasteiger partial charge >= 0.3 is 5.97 Å². The van der Waals surface area contributed by atoms with Gasteiger partial charge < -0.3 is 10.4 Å². The van der Waals surface area contributed by atoms with E-state index >= 15 is 0 Å². The lowest BCUT2D eigenvalue weighted by molar-refractivity contribution is -0.138. The fourth-order valence-corrected chi connectivity index (χ4v) is 1.72. The van der Waals surface area contributed by atoms with Crippen molar-refractivity contribution < 1.29 is 14.7 Å². The van der Waals surface area contributed by atoms with Crippen molar-refractivity contribution in [2.45, 2.75) is 32.2 Å². The van der Waals surface area contributed by atoms with E-state index in [1.807, 2.05) is 19.1 Å². The number of carboxylic acids is 1. The van der Waals surface area contributed by atoms with Crippen LogP contribution in [0.5, 0.6) is 0 Å². The Morgan fingerprint density at radius 3 is 2.44 bits per heavy atom. The molecule has 18 heavy (non-hydrogen) atoms. The van der Waals surface area contributed by atoms with Gasteiger partial charge in [0, 0.05) is 17.5 Å². The molecule has 0 aromatic heterocycles. The Labute approximate surface area is 111 Å². The highest BCUT2D eigenvalue weighted by Crippen LogP contribution is 2.11. The molecule has 1 aromatic rings. The summed E-state index contributed by atoms with van der Waals surface area (Å²) in [6.45, 7) is 1.88.